The molecule has 0 aromatic carbocycles. The molecule has 76 valence electrons. The maximum atomic E-state index is 10.7. The largest absolute Gasteiger partial charge is 0.443 e. The van der Waals surface area contributed by atoms with Gasteiger partial charge in [-0.05, 0) is 39.0 Å². The summed E-state index contributed by atoms with van der Waals surface area (Å²) in [6, 6.07) is 0. The van der Waals surface area contributed by atoms with Crippen LogP contribution in [0.15, 0.2) is 0 Å². The first-order valence-corrected chi connectivity index (χ1v) is 4.95. The van der Waals surface area contributed by atoms with E-state index in [0.29, 0.717) is 5.92 Å². The van der Waals surface area contributed by atoms with Gasteiger partial charge in [0, 0.05) is 5.92 Å². The Kier molecular flexibility index (Phi) is 2.84. The molecule has 0 spiro atoms. The fraction of sp³-hybridized carbons (Fsp3) is 0.900. The van der Waals surface area contributed by atoms with E-state index in [0.717, 1.165) is 12.3 Å². The lowest BCUT2D eigenvalue weighted by Gasteiger charge is -2.32. The smallest absolute Gasteiger partial charge is 0.405 e. The number of nitrogens with two attached hydrogens (primary N) is 1. The fourth-order valence-corrected chi connectivity index (χ4v) is 2.23. The second-order valence-corrected chi connectivity index (χ2v) is 4.38. The predicted molar refractivity (Wildman–Crippen MR) is 51.3 cm³/mol. The minimum Gasteiger partial charge on any atom is -0.443 e. The van der Waals surface area contributed by atoms with Crippen molar-refractivity contribution in [3.63, 3.8) is 0 Å². The maximum absolute atomic E-state index is 10.7. The summed E-state index contributed by atoms with van der Waals surface area (Å²) < 4.78 is 5.13. The van der Waals surface area contributed by atoms with Crippen LogP contribution in [0.4, 0.5) is 4.79 Å². The van der Waals surface area contributed by atoms with E-state index in [9.17, 15) is 4.79 Å². The summed E-state index contributed by atoms with van der Waals surface area (Å²) in [5.41, 5.74) is 4.63. The highest BCUT2D eigenvalue weighted by molar-refractivity contribution is 5.65. The molecule has 1 atom stereocenters. The number of rotatable bonds is 4. The zero-order valence-corrected chi connectivity index (χ0v) is 8.67. The number of carbonyl (C=O) groups excluding carboxylic acids is 1. The molecular weight excluding hydrogens is 166 g/mol. The number of primary amides is 1. The van der Waals surface area contributed by atoms with Crippen molar-refractivity contribution in [2.75, 3.05) is 0 Å². The van der Waals surface area contributed by atoms with Gasteiger partial charge in [0.25, 0.3) is 0 Å². The standard InChI is InChI=1S/C10H19NO2/c1-4-8(7-5-6-7)10(2,3)13-9(11)12/h7-8H,4-6H2,1-3H3,(H2,11,12). The van der Waals surface area contributed by atoms with Crippen LogP contribution in [0.3, 0.4) is 0 Å². The molecular formula is C10H19NO2. The maximum Gasteiger partial charge on any atom is 0.405 e. The predicted octanol–water partition coefficient (Wildman–Crippen LogP) is 2.30. The third kappa shape index (κ3) is 2.61. The molecule has 0 aliphatic heterocycles. The molecule has 1 amide bonds. The van der Waals surface area contributed by atoms with E-state index in [1.165, 1.54) is 12.8 Å². The molecule has 0 bridgehead atoms. The van der Waals surface area contributed by atoms with Crippen molar-refractivity contribution in [1.82, 2.24) is 0 Å². The Morgan fingerprint density at radius 2 is 2.15 bits per heavy atom. The summed E-state index contributed by atoms with van der Waals surface area (Å²) in [6.07, 6.45) is 2.92. The van der Waals surface area contributed by atoms with Crippen LogP contribution in [0.1, 0.15) is 40.0 Å². The average Bonchev–Trinajstić information content (AvgIpc) is 2.68. The number of hydrogen-bond donors (Lipinski definition) is 1. The van der Waals surface area contributed by atoms with Gasteiger partial charge in [-0.3, -0.25) is 0 Å². The van der Waals surface area contributed by atoms with E-state index in [1.54, 1.807) is 0 Å². The number of hydrogen-bond acceptors (Lipinski definition) is 2. The molecule has 0 heterocycles. The molecule has 0 radical (unpaired) electrons. The monoisotopic (exact) mass is 185 g/mol. The summed E-state index contributed by atoms with van der Waals surface area (Å²) >= 11 is 0. The number of carbonyl (C=O) groups is 1. The Bertz CT molecular complexity index is 197. The Labute approximate surface area is 79.6 Å². The Morgan fingerprint density at radius 1 is 1.62 bits per heavy atom. The van der Waals surface area contributed by atoms with E-state index in [4.69, 9.17) is 10.5 Å². The third-order valence-electron chi connectivity index (χ3n) is 2.89. The SMILES string of the molecule is CCC(C1CC1)C(C)(C)OC(N)=O. The first-order valence-electron chi connectivity index (χ1n) is 4.95. The third-order valence-corrected chi connectivity index (χ3v) is 2.89. The Hall–Kier alpha value is -0.730. The molecule has 1 fully saturated rings. The van der Waals surface area contributed by atoms with Crippen LogP contribution < -0.4 is 5.73 Å². The van der Waals surface area contributed by atoms with Gasteiger partial charge in [-0.2, -0.15) is 0 Å². The van der Waals surface area contributed by atoms with Crippen molar-refractivity contribution in [2.24, 2.45) is 17.6 Å². The highest BCUT2D eigenvalue weighted by Gasteiger charge is 2.41. The zero-order valence-electron chi connectivity index (χ0n) is 8.67. The van der Waals surface area contributed by atoms with Crippen LogP contribution >= 0.6 is 0 Å². The first-order chi connectivity index (χ1) is 5.97. The molecule has 3 heteroatoms. The quantitative estimate of drug-likeness (QED) is 0.730. The highest BCUT2D eigenvalue weighted by atomic mass is 16.6. The van der Waals surface area contributed by atoms with E-state index in [2.05, 4.69) is 6.92 Å². The number of ether oxygens (including phenoxy) is 1. The molecule has 13 heavy (non-hydrogen) atoms. The average molecular weight is 185 g/mol. The van der Waals surface area contributed by atoms with Gasteiger partial charge >= 0.3 is 6.09 Å². The van der Waals surface area contributed by atoms with Gasteiger partial charge in [-0.15, -0.1) is 0 Å². The Morgan fingerprint density at radius 3 is 2.46 bits per heavy atom. The summed E-state index contributed by atoms with van der Waals surface area (Å²) in [7, 11) is 0. The molecule has 1 unspecified atom stereocenters. The summed E-state index contributed by atoms with van der Waals surface area (Å²) in [5.74, 6) is 1.19. The van der Waals surface area contributed by atoms with Crippen molar-refractivity contribution < 1.29 is 9.53 Å². The van der Waals surface area contributed by atoms with Crippen LogP contribution in [0, 0.1) is 11.8 Å². The lowest BCUT2D eigenvalue weighted by Crippen LogP contribution is -2.39. The highest BCUT2D eigenvalue weighted by Crippen LogP contribution is 2.44. The van der Waals surface area contributed by atoms with E-state index in [-0.39, 0.29) is 0 Å². The van der Waals surface area contributed by atoms with Crippen LogP contribution in [-0.2, 0) is 4.74 Å². The fourth-order valence-electron chi connectivity index (χ4n) is 2.23. The lowest BCUT2D eigenvalue weighted by atomic mass is 9.84. The second kappa shape index (κ2) is 3.56. The van der Waals surface area contributed by atoms with Gasteiger partial charge in [-0.25, -0.2) is 4.79 Å². The molecule has 1 aliphatic carbocycles. The van der Waals surface area contributed by atoms with Crippen LogP contribution in [0.25, 0.3) is 0 Å². The van der Waals surface area contributed by atoms with Crippen molar-refractivity contribution in [2.45, 2.75) is 45.6 Å². The van der Waals surface area contributed by atoms with Crippen LogP contribution in [0.2, 0.25) is 0 Å². The summed E-state index contributed by atoms with van der Waals surface area (Å²) in [5, 5.41) is 0. The first kappa shape index (κ1) is 10.4. The number of amides is 1. The minimum atomic E-state index is -0.663. The van der Waals surface area contributed by atoms with E-state index >= 15 is 0 Å². The normalized spacial score (nSPS) is 19.6. The van der Waals surface area contributed by atoms with Crippen molar-refractivity contribution >= 4 is 6.09 Å². The topological polar surface area (TPSA) is 52.3 Å². The van der Waals surface area contributed by atoms with Crippen LogP contribution in [-0.4, -0.2) is 11.7 Å². The van der Waals surface area contributed by atoms with Crippen molar-refractivity contribution in [3.05, 3.63) is 0 Å². The van der Waals surface area contributed by atoms with Gasteiger partial charge in [0.05, 0.1) is 0 Å². The van der Waals surface area contributed by atoms with Gasteiger partial charge in [0.1, 0.15) is 5.60 Å². The lowest BCUT2D eigenvalue weighted by molar-refractivity contribution is -0.0107. The second-order valence-electron chi connectivity index (χ2n) is 4.38. The summed E-state index contributed by atoms with van der Waals surface area (Å²) in [4.78, 5) is 10.7. The molecule has 1 rings (SSSR count). The summed E-state index contributed by atoms with van der Waals surface area (Å²) in [6.45, 7) is 6.03. The minimum absolute atomic E-state index is 0.401. The molecule has 1 aliphatic rings. The van der Waals surface area contributed by atoms with E-state index < -0.39 is 11.7 Å². The van der Waals surface area contributed by atoms with Crippen LogP contribution in [0.5, 0.6) is 0 Å². The van der Waals surface area contributed by atoms with E-state index in [1.807, 2.05) is 13.8 Å². The van der Waals surface area contributed by atoms with Gasteiger partial charge in [0.2, 0.25) is 0 Å². The van der Waals surface area contributed by atoms with Gasteiger partial charge in [0.15, 0.2) is 0 Å². The molecule has 3 nitrogen and oxygen atoms in total. The van der Waals surface area contributed by atoms with Gasteiger partial charge < -0.3 is 10.5 Å². The molecule has 0 saturated heterocycles. The molecule has 1 saturated carbocycles. The van der Waals surface area contributed by atoms with Crippen molar-refractivity contribution in [3.8, 4) is 0 Å². The molecule has 2 N–H and O–H groups in total. The van der Waals surface area contributed by atoms with Gasteiger partial charge in [-0.1, -0.05) is 6.92 Å². The Balaban J connectivity index is 2.57. The zero-order chi connectivity index (χ0) is 10.1. The van der Waals surface area contributed by atoms with Crippen molar-refractivity contribution in [1.29, 1.82) is 0 Å². The molecule has 0 aromatic rings. The molecule has 0 aromatic heterocycles.